The number of carbonyl (C=O) groups is 1. The van der Waals surface area contributed by atoms with Gasteiger partial charge in [0, 0.05) is 24.8 Å². The molecule has 1 fully saturated rings. The number of hydrogen-bond donors (Lipinski definition) is 2. The van der Waals surface area contributed by atoms with E-state index in [1.807, 2.05) is 14.0 Å². The largest absolute Gasteiger partial charge is 0.348 e. The molecule has 1 aliphatic carbocycles. The topological polar surface area (TPSA) is 72.9 Å². The number of hydrogen-bond acceptors (Lipinski definition) is 3. The van der Waals surface area contributed by atoms with Crippen LogP contribution >= 0.6 is 0 Å². The third-order valence-electron chi connectivity index (χ3n) is 3.37. The second-order valence-corrected chi connectivity index (χ2v) is 4.44. The zero-order valence-corrected chi connectivity index (χ0v) is 9.73. The van der Waals surface area contributed by atoms with E-state index in [0.717, 1.165) is 25.0 Å². The van der Waals surface area contributed by atoms with E-state index in [1.165, 1.54) is 0 Å². The molecule has 1 saturated carbocycles. The molecule has 0 bridgehead atoms. The van der Waals surface area contributed by atoms with Crippen molar-refractivity contribution in [2.45, 2.75) is 38.3 Å². The molecule has 2 atom stereocenters. The molecule has 2 unspecified atom stereocenters. The van der Waals surface area contributed by atoms with Gasteiger partial charge < -0.3 is 11.1 Å². The van der Waals surface area contributed by atoms with E-state index in [4.69, 9.17) is 5.73 Å². The van der Waals surface area contributed by atoms with E-state index in [2.05, 4.69) is 10.4 Å². The van der Waals surface area contributed by atoms with Gasteiger partial charge in [-0.15, -0.1) is 0 Å². The van der Waals surface area contributed by atoms with Crippen LogP contribution in [0.25, 0.3) is 0 Å². The molecule has 0 aliphatic heterocycles. The third kappa shape index (κ3) is 1.95. The monoisotopic (exact) mass is 222 g/mol. The van der Waals surface area contributed by atoms with Gasteiger partial charge >= 0.3 is 0 Å². The van der Waals surface area contributed by atoms with Crippen molar-refractivity contribution in [2.24, 2.45) is 12.8 Å². The van der Waals surface area contributed by atoms with Gasteiger partial charge in [-0.1, -0.05) is 0 Å². The van der Waals surface area contributed by atoms with E-state index in [0.29, 0.717) is 5.56 Å². The Labute approximate surface area is 95.0 Å². The van der Waals surface area contributed by atoms with Crippen LogP contribution in [0.3, 0.4) is 0 Å². The Hall–Kier alpha value is -1.36. The SMILES string of the molecule is Cc1c(C(=O)NC2CCCC2N)cnn1C. The van der Waals surface area contributed by atoms with E-state index in [1.54, 1.807) is 10.9 Å². The van der Waals surface area contributed by atoms with Crippen molar-refractivity contribution < 1.29 is 4.79 Å². The number of aryl methyl sites for hydroxylation is 1. The number of nitrogens with zero attached hydrogens (tertiary/aromatic N) is 2. The Morgan fingerprint density at radius 3 is 2.88 bits per heavy atom. The van der Waals surface area contributed by atoms with Crippen molar-refractivity contribution in [1.82, 2.24) is 15.1 Å². The Bertz CT molecular complexity index is 399. The van der Waals surface area contributed by atoms with Crippen LogP contribution in [0.4, 0.5) is 0 Å². The molecule has 1 aromatic rings. The zero-order chi connectivity index (χ0) is 11.7. The standard InChI is InChI=1S/C11H18N4O/c1-7-8(6-13-15(7)2)11(16)14-10-5-3-4-9(10)12/h6,9-10H,3-5,12H2,1-2H3,(H,14,16). The van der Waals surface area contributed by atoms with Crippen LogP contribution in [0.1, 0.15) is 35.3 Å². The van der Waals surface area contributed by atoms with Crippen molar-refractivity contribution in [3.05, 3.63) is 17.5 Å². The predicted octanol–water partition coefficient (Wildman–Crippen LogP) is 0.338. The van der Waals surface area contributed by atoms with Crippen LogP contribution in [0, 0.1) is 6.92 Å². The molecule has 3 N–H and O–H groups in total. The molecule has 88 valence electrons. The lowest BCUT2D eigenvalue weighted by molar-refractivity contribution is 0.0934. The van der Waals surface area contributed by atoms with Gasteiger partial charge in [0.05, 0.1) is 11.8 Å². The van der Waals surface area contributed by atoms with Gasteiger partial charge in [-0.3, -0.25) is 9.48 Å². The fraction of sp³-hybridized carbons (Fsp3) is 0.636. The summed E-state index contributed by atoms with van der Waals surface area (Å²) < 4.78 is 1.70. The van der Waals surface area contributed by atoms with Crippen LogP contribution in [0.5, 0.6) is 0 Å². The molecular weight excluding hydrogens is 204 g/mol. The highest BCUT2D eigenvalue weighted by Gasteiger charge is 2.26. The maximum Gasteiger partial charge on any atom is 0.255 e. The third-order valence-corrected chi connectivity index (χ3v) is 3.37. The summed E-state index contributed by atoms with van der Waals surface area (Å²) in [4.78, 5) is 12.0. The van der Waals surface area contributed by atoms with Gasteiger partial charge in [0.2, 0.25) is 0 Å². The molecule has 5 heteroatoms. The van der Waals surface area contributed by atoms with Gasteiger partial charge in [-0.05, 0) is 26.2 Å². The maximum atomic E-state index is 12.0. The molecule has 5 nitrogen and oxygen atoms in total. The fourth-order valence-electron chi connectivity index (χ4n) is 2.14. The molecule has 1 aromatic heterocycles. The second-order valence-electron chi connectivity index (χ2n) is 4.44. The minimum atomic E-state index is -0.0621. The first-order valence-electron chi connectivity index (χ1n) is 5.64. The lowest BCUT2D eigenvalue weighted by atomic mass is 10.1. The van der Waals surface area contributed by atoms with Crippen molar-refractivity contribution in [2.75, 3.05) is 0 Å². The van der Waals surface area contributed by atoms with Crippen LogP contribution in [-0.2, 0) is 7.05 Å². The summed E-state index contributed by atoms with van der Waals surface area (Å²) in [6.07, 6.45) is 4.67. The van der Waals surface area contributed by atoms with Crippen LogP contribution in [-0.4, -0.2) is 27.8 Å². The predicted molar refractivity (Wildman–Crippen MR) is 61.0 cm³/mol. The Morgan fingerprint density at radius 2 is 2.38 bits per heavy atom. The molecule has 2 rings (SSSR count). The average Bonchev–Trinajstić information content (AvgIpc) is 2.77. The summed E-state index contributed by atoms with van der Waals surface area (Å²) in [5.41, 5.74) is 7.43. The van der Waals surface area contributed by atoms with Crippen LogP contribution in [0.15, 0.2) is 6.20 Å². The number of amides is 1. The minimum absolute atomic E-state index is 0.0621. The number of rotatable bonds is 2. The summed E-state index contributed by atoms with van der Waals surface area (Å²) in [5, 5.41) is 7.04. The van der Waals surface area contributed by atoms with Crippen molar-refractivity contribution in [3.8, 4) is 0 Å². The Balaban J connectivity index is 2.06. The molecule has 0 radical (unpaired) electrons. The Kier molecular flexibility index (Phi) is 2.96. The van der Waals surface area contributed by atoms with Gasteiger partial charge in [0.25, 0.3) is 5.91 Å². The smallest absolute Gasteiger partial charge is 0.255 e. The summed E-state index contributed by atoms with van der Waals surface area (Å²) in [5.74, 6) is -0.0621. The summed E-state index contributed by atoms with van der Waals surface area (Å²) in [7, 11) is 1.83. The van der Waals surface area contributed by atoms with Gasteiger partial charge in [-0.25, -0.2) is 0 Å². The summed E-state index contributed by atoms with van der Waals surface area (Å²) in [6.45, 7) is 1.89. The summed E-state index contributed by atoms with van der Waals surface area (Å²) >= 11 is 0. The normalized spacial score (nSPS) is 24.7. The van der Waals surface area contributed by atoms with Crippen molar-refractivity contribution in [1.29, 1.82) is 0 Å². The highest BCUT2D eigenvalue weighted by molar-refractivity contribution is 5.95. The molecular formula is C11H18N4O. The molecule has 1 heterocycles. The van der Waals surface area contributed by atoms with E-state index >= 15 is 0 Å². The quantitative estimate of drug-likeness (QED) is 0.757. The Morgan fingerprint density at radius 1 is 1.62 bits per heavy atom. The lowest BCUT2D eigenvalue weighted by Crippen LogP contribution is -2.44. The zero-order valence-electron chi connectivity index (χ0n) is 9.73. The first-order chi connectivity index (χ1) is 7.59. The number of nitrogens with one attached hydrogen (secondary N) is 1. The number of aromatic nitrogens is 2. The van der Waals surface area contributed by atoms with Gasteiger partial charge in [0.1, 0.15) is 0 Å². The van der Waals surface area contributed by atoms with Crippen molar-refractivity contribution >= 4 is 5.91 Å². The average molecular weight is 222 g/mol. The van der Waals surface area contributed by atoms with Gasteiger partial charge in [0.15, 0.2) is 0 Å². The van der Waals surface area contributed by atoms with Crippen LogP contribution < -0.4 is 11.1 Å². The van der Waals surface area contributed by atoms with Crippen molar-refractivity contribution in [3.63, 3.8) is 0 Å². The van der Waals surface area contributed by atoms with E-state index in [9.17, 15) is 4.79 Å². The maximum absolute atomic E-state index is 12.0. The van der Waals surface area contributed by atoms with E-state index in [-0.39, 0.29) is 18.0 Å². The molecule has 1 aliphatic rings. The highest BCUT2D eigenvalue weighted by Crippen LogP contribution is 2.17. The second kappa shape index (κ2) is 4.25. The first kappa shape index (κ1) is 11.1. The molecule has 0 aromatic carbocycles. The fourth-order valence-corrected chi connectivity index (χ4v) is 2.14. The lowest BCUT2D eigenvalue weighted by Gasteiger charge is -2.16. The molecule has 0 spiro atoms. The number of nitrogens with two attached hydrogens (primary N) is 1. The highest BCUT2D eigenvalue weighted by atomic mass is 16.1. The molecule has 16 heavy (non-hydrogen) atoms. The van der Waals surface area contributed by atoms with Crippen LogP contribution in [0.2, 0.25) is 0 Å². The minimum Gasteiger partial charge on any atom is -0.348 e. The molecule has 0 saturated heterocycles. The molecule has 1 amide bonds. The first-order valence-corrected chi connectivity index (χ1v) is 5.64. The number of carbonyl (C=O) groups excluding carboxylic acids is 1. The summed E-state index contributed by atoms with van der Waals surface area (Å²) in [6, 6.07) is 0.216. The van der Waals surface area contributed by atoms with E-state index < -0.39 is 0 Å². The van der Waals surface area contributed by atoms with Gasteiger partial charge in [-0.2, -0.15) is 5.10 Å².